The lowest BCUT2D eigenvalue weighted by Gasteiger charge is -2.33. The average molecular weight is 327 g/mol. The van der Waals surface area contributed by atoms with Crippen molar-refractivity contribution in [1.29, 1.82) is 0 Å². The molecule has 3 rings (SSSR count). The SMILES string of the molecule is O=C(O)c1coc(CN2CCN(C/C=C/c3ccccc3)CC2)n1. The smallest absolute Gasteiger partial charge is 0.357 e. The van der Waals surface area contributed by atoms with Crippen LogP contribution in [-0.2, 0) is 6.54 Å². The van der Waals surface area contributed by atoms with Crippen LogP contribution in [0.1, 0.15) is 21.9 Å². The molecule has 0 aliphatic carbocycles. The number of carboxylic acids is 1. The van der Waals surface area contributed by atoms with Gasteiger partial charge in [0.1, 0.15) is 6.26 Å². The van der Waals surface area contributed by atoms with Gasteiger partial charge in [0.25, 0.3) is 0 Å². The van der Waals surface area contributed by atoms with E-state index in [1.807, 2.05) is 18.2 Å². The Morgan fingerprint density at radius 2 is 1.88 bits per heavy atom. The molecule has 0 radical (unpaired) electrons. The van der Waals surface area contributed by atoms with E-state index in [0.717, 1.165) is 32.7 Å². The first kappa shape index (κ1) is 16.4. The molecule has 2 aromatic rings. The second-order valence-electron chi connectivity index (χ2n) is 5.82. The highest BCUT2D eigenvalue weighted by molar-refractivity contribution is 5.84. The van der Waals surface area contributed by atoms with Crippen LogP contribution in [0, 0.1) is 0 Å². The van der Waals surface area contributed by atoms with Crippen molar-refractivity contribution in [2.75, 3.05) is 32.7 Å². The molecule has 1 aliphatic rings. The van der Waals surface area contributed by atoms with Crippen LogP contribution >= 0.6 is 0 Å². The number of carbonyl (C=O) groups is 1. The highest BCUT2D eigenvalue weighted by atomic mass is 16.4. The third-order valence-electron chi connectivity index (χ3n) is 4.07. The molecule has 1 saturated heterocycles. The molecule has 24 heavy (non-hydrogen) atoms. The standard InChI is InChI=1S/C18H21N3O3/c22-18(23)16-14-24-17(19-16)13-21-11-9-20(10-12-21)8-4-7-15-5-2-1-3-6-15/h1-7,14H,8-13H2,(H,22,23)/b7-4+. The van der Waals surface area contributed by atoms with Crippen LogP contribution in [0.4, 0.5) is 0 Å². The molecule has 126 valence electrons. The van der Waals surface area contributed by atoms with E-state index in [2.05, 4.69) is 39.1 Å². The fraction of sp³-hybridized carbons (Fsp3) is 0.333. The first-order valence-corrected chi connectivity index (χ1v) is 8.05. The van der Waals surface area contributed by atoms with Gasteiger partial charge in [0.2, 0.25) is 5.89 Å². The van der Waals surface area contributed by atoms with Gasteiger partial charge in [-0.3, -0.25) is 9.80 Å². The van der Waals surface area contributed by atoms with Crippen molar-refractivity contribution in [3.63, 3.8) is 0 Å². The number of hydrogen-bond donors (Lipinski definition) is 1. The summed E-state index contributed by atoms with van der Waals surface area (Å²) in [4.78, 5) is 19.4. The number of aromatic carboxylic acids is 1. The molecule has 1 aromatic carbocycles. The fourth-order valence-corrected chi connectivity index (χ4v) is 2.71. The molecular weight excluding hydrogens is 306 g/mol. The van der Waals surface area contributed by atoms with Crippen molar-refractivity contribution < 1.29 is 14.3 Å². The van der Waals surface area contributed by atoms with Crippen molar-refractivity contribution >= 4 is 12.0 Å². The van der Waals surface area contributed by atoms with Gasteiger partial charge in [-0.1, -0.05) is 42.5 Å². The highest BCUT2D eigenvalue weighted by Gasteiger charge is 2.18. The molecule has 2 heterocycles. The molecule has 0 atom stereocenters. The monoisotopic (exact) mass is 327 g/mol. The van der Waals surface area contributed by atoms with Crippen LogP contribution in [0.5, 0.6) is 0 Å². The maximum Gasteiger partial charge on any atom is 0.357 e. The zero-order chi connectivity index (χ0) is 16.8. The zero-order valence-electron chi connectivity index (χ0n) is 13.5. The predicted octanol–water partition coefficient (Wildman–Crippen LogP) is 2.20. The molecule has 1 aliphatic heterocycles. The van der Waals surface area contributed by atoms with Crippen molar-refractivity contribution in [3.8, 4) is 0 Å². The fourth-order valence-electron chi connectivity index (χ4n) is 2.71. The summed E-state index contributed by atoms with van der Waals surface area (Å²) in [5, 5.41) is 8.85. The van der Waals surface area contributed by atoms with Crippen LogP contribution in [0.3, 0.4) is 0 Å². The normalized spacial score (nSPS) is 16.7. The number of rotatable bonds is 6. The van der Waals surface area contributed by atoms with Crippen molar-refractivity contribution in [2.45, 2.75) is 6.54 Å². The Labute approximate surface area is 141 Å². The lowest BCUT2D eigenvalue weighted by molar-refractivity contribution is 0.0690. The van der Waals surface area contributed by atoms with Gasteiger partial charge in [-0.2, -0.15) is 0 Å². The minimum absolute atomic E-state index is 0.0327. The Morgan fingerprint density at radius 3 is 2.54 bits per heavy atom. The molecule has 0 bridgehead atoms. The van der Waals surface area contributed by atoms with Crippen molar-refractivity contribution in [3.05, 3.63) is 59.8 Å². The number of hydrogen-bond acceptors (Lipinski definition) is 5. The minimum atomic E-state index is -1.06. The molecule has 1 aromatic heterocycles. The van der Waals surface area contributed by atoms with Crippen LogP contribution in [0.2, 0.25) is 0 Å². The average Bonchev–Trinajstić information content (AvgIpc) is 3.06. The Kier molecular flexibility index (Phi) is 5.40. The largest absolute Gasteiger partial charge is 0.476 e. The van der Waals surface area contributed by atoms with Gasteiger partial charge < -0.3 is 9.52 Å². The molecule has 0 amide bonds. The number of aromatic nitrogens is 1. The minimum Gasteiger partial charge on any atom is -0.476 e. The maximum atomic E-state index is 10.8. The molecule has 0 spiro atoms. The molecule has 6 heteroatoms. The summed E-state index contributed by atoms with van der Waals surface area (Å²) in [7, 11) is 0. The second-order valence-corrected chi connectivity index (χ2v) is 5.82. The van der Waals surface area contributed by atoms with Gasteiger partial charge in [-0.25, -0.2) is 9.78 Å². The third kappa shape index (κ3) is 4.53. The second kappa shape index (κ2) is 7.90. The number of nitrogens with zero attached hydrogens (tertiary/aromatic N) is 3. The van der Waals surface area contributed by atoms with E-state index in [-0.39, 0.29) is 5.69 Å². The van der Waals surface area contributed by atoms with E-state index in [1.54, 1.807) is 0 Å². The van der Waals surface area contributed by atoms with Gasteiger partial charge in [0.15, 0.2) is 5.69 Å². The molecular formula is C18H21N3O3. The summed E-state index contributed by atoms with van der Waals surface area (Å²) in [6, 6.07) is 10.3. The molecule has 0 saturated carbocycles. The molecule has 0 unspecified atom stereocenters. The van der Waals surface area contributed by atoms with Gasteiger partial charge in [0.05, 0.1) is 6.54 Å². The van der Waals surface area contributed by atoms with E-state index in [4.69, 9.17) is 9.52 Å². The van der Waals surface area contributed by atoms with Gasteiger partial charge in [0, 0.05) is 32.7 Å². The summed E-state index contributed by atoms with van der Waals surface area (Å²) in [6.45, 7) is 5.29. The first-order valence-electron chi connectivity index (χ1n) is 8.05. The summed E-state index contributed by atoms with van der Waals surface area (Å²) in [6.07, 6.45) is 5.53. The summed E-state index contributed by atoms with van der Waals surface area (Å²) < 4.78 is 5.21. The van der Waals surface area contributed by atoms with E-state index in [0.29, 0.717) is 12.4 Å². The summed E-state index contributed by atoms with van der Waals surface area (Å²) in [5.41, 5.74) is 1.18. The third-order valence-corrected chi connectivity index (χ3v) is 4.07. The highest BCUT2D eigenvalue weighted by Crippen LogP contribution is 2.09. The van der Waals surface area contributed by atoms with Crippen molar-refractivity contribution in [1.82, 2.24) is 14.8 Å². The van der Waals surface area contributed by atoms with E-state index in [1.165, 1.54) is 11.8 Å². The van der Waals surface area contributed by atoms with Crippen molar-refractivity contribution in [2.24, 2.45) is 0 Å². The van der Waals surface area contributed by atoms with E-state index >= 15 is 0 Å². The maximum absolute atomic E-state index is 10.8. The van der Waals surface area contributed by atoms with E-state index in [9.17, 15) is 4.79 Å². The topological polar surface area (TPSA) is 69.8 Å². The summed E-state index contributed by atoms with van der Waals surface area (Å²) in [5.74, 6) is -0.593. The van der Waals surface area contributed by atoms with E-state index < -0.39 is 5.97 Å². The van der Waals surface area contributed by atoms with Gasteiger partial charge >= 0.3 is 5.97 Å². The lowest BCUT2D eigenvalue weighted by Crippen LogP contribution is -2.45. The first-order chi connectivity index (χ1) is 11.7. The number of oxazole rings is 1. The summed E-state index contributed by atoms with van der Waals surface area (Å²) >= 11 is 0. The molecule has 6 nitrogen and oxygen atoms in total. The van der Waals surface area contributed by atoms with Crippen LogP contribution in [0.15, 0.2) is 47.1 Å². The van der Waals surface area contributed by atoms with Gasteiger partial charge in [-0.15, -0.1) is 0 Å². The Balaban J connectivity index is 1.42. The zero-order valence-corrected chi connectivity index (χ0v) is 13.5. The molecule has 1 fully saturated rings. The van der Waals surface area contributed by atoms with Crippen LogP contribution < -0.4 is 0 Å². The van der Waals surface area contributed by atoms with Crippen LogP contribution in [0.25, 0.3) is 6.08 Å². The Morgan fingerprint density at radius 1 is 1.17 bits per heavy atom. The quantitative estimate of drug-likeness (QED) is 0.877. The lowest BCUT2D eigenvalue weighted by atomic mass is 10.2. The van der Waals surface area contributed by atoms with Crippen LogP contribution in [-0.4, -0.2) is 58.6 Å². The number of benzene rings is 1. The number of carboxylic acid groups (broad SMARTS) is 1. The number of piperazine rings is 1. The Hall–Kier alpha value is -2.44. The Bertz CT molecular complexity index is 689. The van der Waals surface area contributed by atoms with Gasteiger partial charge in [-0.05, 0) is 5.56 Å². The predicted molar refractivity (Wildman–Crippen MR) is 90.7 cm³/mol. The molecule has 1 N–H and O–H groups in total.